The summed E-state index contributed by atoms with van der Waals surface area (Å²) in [7, 11) is 0. The zero-order valence-electron chi connectivity index (χ0n) is 9.45. The van der Waals surface area contributed by atoms with Crippen LogP contribution in [0.4, 0.5) is 0 Å². The van der Waals surface area contributed by atoms with Gasteiger partial charge in [-0.15, -0.1) is 0 Å². The highest BCUT2D eigenvalue weighted by Crippen LogP contribution is 2.29. The van der Waals surface area contributed by atoms with E-state index in [2.05, 4.69) is 10.6 Å². The lowest BCUT2D eigenvalue weighted by molar-refractivity contribution is -0.132. The zero-order chi connectivity index (χ0) is 12.2. The third kappa shape index (κ3) is 2.70. The first-order valence-electron chi connectivity index (χ1n) is 5.48. The smallest absolute Gasteiger partial charge is 0.248 e. The Bertz CT molecular complexity index is 274. The highest BCUT2D eigenvalue weighted by molar-refractivity contribution is 5.84. The number of aliphatic hydroxyl groups is 1. The summed E-state index contributed by atoms with van der Waals surface area (Å²) >= 11 is 0. The highest BCUT2D eigenvalue weighted by Gasteiger charge is 2.39. The molecule has 1 heterocycles. The minimum absolute atomic E-state index is 0.115. The number of primary amides is 1. The Labute approximate surface area is 94.6 Å². The second-order valence-corrected chi connectivity index (χ2v) is 4.19. The predicted molar refractivity (Wildman–Crippen MR) is 58.4 cm³/mol. The van der Waals surface area contributed by atoms with Crippen molar-refractivity contribution in [1.29, 1.82) is 0 Å². The van der Waals surface area contributed by atoms with Crippen LogP contribution in [-0.4, -0.2) is 42.7 Å². The lowest BCUT2D eigenvalue weighted by Gasteiger charge is -2.25. The number of aliphatic hydroxyl groups excluding tert-OH is 1. The summed E-state index contributed by atoms with van der Waals surface area (Å²) in [6.45, 7) is 3.30. The summed E-state index contributed by atoms with van der Waals surface area (Å²) < 4.78 is 0. The van der Waals surface area contributed by atoms with E-state index in [-0.39, 0.29) is 12.5 Å². The molecule has 2 unspecified atom stereocenters. The van der Waals surface area contributed by atoms with E-state index in [1.54, 1.807) is 0 Å². The summed E-state index contributed by atoms with van der Waals surface area (Å²) in [5.74, 6) is -0.948. The van der Waals surface area contributed by atoms with Gasteiger partial charge in [0, 0.05) is 6.54 Å². The quantitative estimate of drug-likeness (QED) is 0.453. The van der Waals surface area contributed by atoms with Crippen molar-refractivity contribution in [2.45, 2.75) is 25.9 Å². The minimum Gasteiger partial charge on any atom is -0.381 e. The van der Waals surface area contributed by atoms with Gasteiger partial charge in [-0.05, 0) is 19.4 Å². The molecule has 0 radical (unpaired) electrons. The summed E-state index contributed by atoms with van der Waals surface area (Å²) in [6.07, 6.45) is 0.202. The number of carbonyl (C=O) groups is 2. The van der Waals surface area contributed by atoms with Gasteiger partial charge in [0.1, 0.15) is 6.10 Å². The Balaban J connectivity index is 2.48. The van der Waals surface area contributed by atoms with Gasteiger partial charge >= 0.3 is 0 Å². The van der Waals surface area contributed by atoms with Crippen molar-refractivity contribution in [3.63, 3.8) is 0 Å². The summed E-state index contributed by atoms with van der Waals surface area (Å²) in [5, 5.41) is 14.9. The Hall–Kier alpha value is -1.14. The standard InChI is InChI=1S/C10H19N3O3/c1-2-10(3-4-12-6-10)9(16)13-5-7(14)8(11)15/h7,12,14H,2-6H2,1H3,(H2,11,15)(H,13,16). The van der Waals surface area contributed by atoms with Gasteiger partial charge in [0.05, 0.1) is 12.0 Å². The highest BCUT2D eigenvalue weighted by atomic mass is 16.3. The van der Waals surface area contributed by atoms with Gasteiger partial charge < -0.3 is 21.5 Å². The fraction of sp³-hybridized carbons (Fsp3) is 0.800. The molecule has 6 heteroatoms. The number of nitrogens with one attached hydrogen (secondary N) is 2. The van der Waals surface area contributed by atoms with E-state index in [9.17, 15) is 9.59 Å². The molecule has 0 bridgehead atoms. The van der Waals surface area contributed by atoms with Gasteiger partial charge in [0.15, 0.2) is 0 Å². The molecule has 0 aromatic rings. The first kappa shape index (κ1) is 12.9. The molecule has 1 fully saturated rings. The van der Waals surface area contributed by atoms with Gasteiger partial charge in [-0.2, -0.15) is 0 Å². The largest absolute Gasteiger partial charge is 0.381 e. The third-order valence-corrected chi connectivity index (χ3v) is 3.19. The van der Waals surface area contributed by atoms with Crippen LogP contribution in [0.3, 0.4) is 0 Å². The molecule has 0 saturated carbocycles. The number of rotatable bonds is 5. The molecule has 0 aromatic carbocycles. The van der Waals surface area contributed by atoms with Gasteiger partial charge in [0.25, 0.3) is 0 Å². The molecule has 2 atom stereocenters. The molecular weight excluding hydrogens is 210 g/mol. The molecule has 0 aromatic heterocycles. The molecule has 1 aliphatic rings. The van der Waals surface area contributed by atoms with E-state index in [0.717, 1.165) is 19.4 Å². The molecule has 92 valence electrons. The van der Waals surface area contributed by atoms with Crippen LogP contribution in [0.25, 0.3) is 0 Å². The Morgan fingerprint density at radius 1 is 1.62 bits per heavy atom. The van der Waals surface area contributed by atoms with Gasteiger partial charge in [-0.3, -0.25) is 9.59 Å². The first-order valence-corrected chi connectivity index (χ1v) is 5.48. The molecular formula is C10H19N3O3. The Kier molecular flexibility index (Phi) is 4.26. The van der Waals surface area contributed by atoms with Crippen LogP contribution >= 0.6 is 0 Å². The number of amides is 2. The van der Waals surface area contributed by atoms with Crippen molar-refractivity contribution < 1.29 is 14.7 Å². The summed E-state index contributed by atoms with van der Waals surface area (Å²) in [5.41, 5.74) is 4.48. The van der Waals surface area contributed by atoms with Gasteiger partial charge in [0.2, 0.25) is 11.8 Å². The summed E-state index contributed by atoms with van der Waals surface area (Å²) in [4.78, 5) is 22.5. The summed E-state index contributed by atoms with van der Waals surface area (Å²) in [6, 6.07) is 0. The molecule has 1 saturated heterocycles. The lowest BCUT2D eigenvalue weighted by atomic mass is 9.83. The van der Waals surface area contributed by atoms with Crippen LogP contribution in [0.1, 0.15) is 19.8 Å². The zero-order valence-corrected chi connectivity index (χ0v) is 9.45. The Morgan fingerprint density at radius 3 is 2.75 bits per heavy atom. The lowest BCUT2D eigenvalue weighted by Crippen LogP contribution is -2.47. The van der Waals surface area contributed by atoms with Crippen molar-refractivity contribution in [3.8, 4) is 0 Å². The molecule has 16 heavy (non-hydrogen) atoms. The van der Waals surface area contributed by atoms with Crippen molar-refractivity contribution in [2.75, 3.05) is 19.6 Å². The van der Waals surface area contributed by atoms with Gasteiger partial charge in [-0.25, -0.2) is 0 Å². The number of nitrogens with two attached hydrogens (primary N) is 1. The molecule has 2 amide bonds. The van der Waals surface area contributed by atoms with E-state index in [0.29, 0.717) is 6.54 Å². The average molecular weight is 229 g/mol. The number of carbonyl (C=O) groups excluding carboxylic acids is 2. The van der Waals surface area contributed by atoms with Crippen molar-refractivity contribution in [2.24, 2.45) is 11.1 Å². The SMILES string of the molecule is CCC1(C(=O)NCC(O)C(N)=O)CCNC1. The molecule has 5 N–H and O–H groups in total. The molecule has 6 nitrogen and oxygen atoms in total. The monoisotopic (exact) mass is 229 g/mol. The van der Waals surface area contributed by atoms with E-state index < -0.39 is 17.4 Å². The topological polar surface area (TPSA) is 104 Å². The second-order valence-electron chi connectivity index (χ2n) is 4.19. The molecule has 1 rings (SSSR count). The van der Waals surface area contributed by atoms with Crippen LogP contribution in [0, 0.1) is 5.41 Å². The number of hydrogen-bond donors (Lipinski definition) is 4. The van der Waals surface area contributed by atoms with E-state index >= 15 is 0 Å². The second kappa shape index (κ2) is 5.27. The first-order chi connectivity index (χ1) is 7.52. The Morgan fingerprint density at radius 2 is 2.31 bits per heavy atom. The molecule has 0 aliphatic carbocycles. The van der Waals surface area contributed by atoms with Crippen molar-refractivity contribution in [3.05, 3.63) is 0 Å². The van der Waals surface area contributed by atoms with Crippen LogP contribution in [0.2, 0.25) is 0 Å². The molecule has 1 aliphatic heterocycles. The predicted octanol–water partition coefficient (Wildman–Crippen LogP) is -1.66. The maximum absolute atomic E-state index is 11.9. The fourth-order valence-electron chi connectivity index (χ4n) is 1.88. The van der Waals surface area contributed by atoms with Crippen molar-refractivity contribution >= 4 is 11.8 Å². The van der Waals surface area contributed by atoms with E-state index in [1.165, 1.54) is 0 Å². The van der Waals surface area contributed by atoms with E-state index in [4.69, 9.17) is 10.8 Å². The normalized spacial score (nSPS) is 26.4. The average Bonchev–Trinajstić information content (AvgIpc) is 2.74. The van der Waals surface area contributed by atoms with Gasteiger partial charge in [-0.1, -0.05) is 6.92 Å². The van der Waals surface area contributed by atoms with Crippen LogP contribution in [0.5, 0.6) is 0 Å². The van der Waals surface area contributed by atoms with Crippen LogP contribution < -0.4 is 16.4 Å². The van der Waals surface area contributed by atoms with Crippen LogP contribution in [0.15, 0.2) is 0 Å². The fourth-order valence-corrected chi connectivity index (χ4v) is 1.88. The van der Waals surface area contributed by atoms with E-state index in [1.807, 2.05) is 6.92 Å². The molecule has 0 spiro atoms. The maximum Gasteiger partial charge on any atom is 0.248 e. The van der Waals surface area contributed by atoms with Crippen molar-refractivity contribution in [1.82, 2.24) is 10.6 Å². The number of hydrogen-bond acceptors (Lipinski definition) is 4. The maximum atomic E-state index is 11.9. The van der Waals surface area contributed by atoms with Crippen LogP contribution in [-0.2, 0) is 9.59 Å². The third-order valence-electron chi connectivity index (χ3n) is 3.19. The minimum atomic E-state index is -1.31.